The zero-order valence-electron chi connectivity index (χ0n) is 14.2. The van der Waals surface area contributed by atoms with Crippen LogP contribution >= 0.6 is 0 Å². The zero-order chi connectivity index (χ0) is 18.6. The molecule has 1 aromatic carbocycles. The first kappa shape index (κ1) is 19.1. The molecule has 1 N–H and O–H groups in total. The second-order valence-corrected chi connectivity index (χ2v) is 8.35. The molecule has 1 saturated heterocycles. The maximum absolute atomic E-state index is 12.9. The molecule has 0 bridgehead atoms. The SMILES string of the molecule is C/C(=C/C(=O)NC(C)C(=O)N1CCS(=O)(=O)CC1)c1ccc(F)cc1. The fourth-order valence-corrected chi connectivity index (χ4v) is 3.72. The molecular weight excluding hydrogens is 347 g/mol. The summed E-state index contributed by atoms with van der Waals surface area (Å²) in [5, 5.41) is 2.58. The lowest BCUT2D eigenvalue weighted by Gasteiger charge is -2.29. The van der Waals surface area contributed by atoms with Crippen molar-refractivity contribution in [3.8, 4) is 0 Å². The van der Waals surface area contributed by atoms with Crippen LogP contribution < -0.4 is 5.32 Å². The Morgan fingerprint density at radius 3 is 2.32 bits per heavy atom. The molecule has 1 unspecified atom stereocenters. The highest BCUT2D eigenvalue weighted by molar-refractivity contribution is 7.91. The molecule has 1 aliphatic heterocycles. The van der Waals surface area contributed by atoms with Gasteiger partial charge >= 0.3 is 0 Å². The lowest BCUT2D eigenvalue weighted by atomic mass is 10.1. The van der Waals surface area contributed by atoms with Crippen molar-refractivity contribution in [3.05, 3.63) is 41.7 Å². The third-order valence-corrected chi connectivity index (χ3v) is 5.64. The summed E-state index contributed by atoms with van der Waals surface area (Å²) in [5.74, 6) is -1.21. The molecule has 25 heavy (non-hydrogen) atoms. The lowest BCUT2D eigenvalue weighted by Crippen LogP contribution is -2.51. The Balaban J connectivity index is 1.94. The van der Waals surface area contributed by atoms with E-state index in [0.717, 1.165) is 0 Å². The van der Waals surface area contributed by atoms with Crippen molar-refractivity contribution in [1.29, 1.82) is 0 Å². The molecule has 136 valence electrons. The number of nitrogens with one attached hydrogen (secondary N) is 1. The molecule has 1 fully saturated rings. The van der Waals surface area contributed by atoms with Crippen LogP contribution in [0.1, 0.15) is 19.4 Å². The van der Waals surface area contributed by atoms with E-state index in [1.807, 2.05) is 0 Å². The summed E-state index contributed by atoms with van der Waals surface area (Å²) in [7, 11) is -3.07. The number of hydrogen-bond donors (Lipinski definition) is 1. The molecule has 0 spiro atoms. The topological polar surface area (TPSA) is 83.6 Å². The van der Waals surface area contributed by atoms with Crippen molar-refractivity contribution < 1.29 is 22.4 Å². The monoisotopic (exact) mass is 368 g/mol. The number of allylic oxidation sites excluding steroid dienone is 1. The molecule has 0 radical (unpaired) electrons. The fourth-order valence-electron chi connectivity index (χ4n) is 2.52. The number of carbonyl (C=O) groups is 2. The largest absolute Gasteiger partial charge is 0.341 e. The number of amides is 2. The van der Waals surface area contributed by atoms with Gasteiger partial charge in [0.2, 0.25) is 11.8 Å². The van der Waals surface area contributed by atoms with Gasteiger partial charge in [0, 0.05) is 19.2 Å². The normalized spacial score (nSPS) is 18.5. The second-order valence-electron chi connectivity index (χ2n) is 6.04. The van der Waals surface area contributed by atoms with Crippen molar-refractivity contribution >= 4 is 27.2 Å². The van der Waals surface area contributed by atoms with Crippen LogP contribution in [0.4, 0.5) is 4.39 Å². The molecule has 0 aromatic heterocycles. The molecular formula is C17H21FN2O4S. The lowest BCUT2D eigenvalue weighted by molar-refractivity contribution is -0.134. The minimum atomic E-state index is -3.07. The summed E-state index contributed by atoms with van der Waals surface area (Å²) < 4.78 is 35.7. The van der Waals surface area contributed by atoms with Crippen LogP contribution in [-0.4, -0.2) is 55.8 Å². The van der Waals surface area contributed by atoms with Crippen LogP contribution in [0.15, 0.2) is 30.3 Å². The van der Waals surface area contributed by atoms with Crippen molar-refractivity contribution in [1.82, 2.24) is 10.2 Å². The second kappa shape index (κ2) is 7.77. The first-order valence-electron chi connectivity index (χ1n) is 7.92. The average Bonchev–Trinajstić information content (AvgIpc) is 2.54. The maximum atomic E-state index is 12.9. The van der Waals surface area contributed by atoms with Crippen LogP contribution in [0.25, 0.3) is 5.57 Å². The van der Waals surface area contributed by atoms with E-state index in [0.29, 0.717) is 11.1 Å². The van der Waals surface area contributed by atoms with Gasteiger partial charge in [0.15, 0.2) is 9.84 Å². The predicted molar refractivity (Wildman–Crippen MR) is 92.9 cm³/mol. The Hall–Kier alpha value is -2.22. The molecule has 2 rings (SSSR count). The summed E-state index contributed by atoms with van der Waals surface area (Å²) in [6.45, 7) is 3.57. The minimum Gasteiger partial charge on any atom is -0.341 e. The number of sulfone groups is 1. The van der Waals surface area contributed by atoms with E-state index >= 15 is 0 Å². The van der Waals surface area contributed by atoms with Gasteiger partial charge in [0.1, 0.15) is 11.9 Å². The molecule has 8 heteroatoms. The molecule has 2 amide bonds. The Kier molecular flexibility index (Phi) is 5.94. The molecule has 1 atom stereocenters. The van der Waals surface area contributed by atoms with E-state index in [1.165, 1.54) is 23.1 Å². The molecule has 1 heterocycles. The highest BCUT2D eigenvalue weighted by Crippen LogP contribution is 2.14. The number of nitrogens with zero attached hydrogens (tertiary/aromatic N) is 1. The van der Waals surface area contributed by atoms with Gasteiger partial charge in [-0.25, -0.2) is 12.8 Å². The molecule has 0 aliphatic carbocycles. The van der Waals surface area contributed by atoms with Gasteiger partial charge < -0.3 is 10.2 Å². The number of halogens is 1. The van der Waals surface area contributed by atoms with Crippen molar-refractivity contribution in [2.45, 2.75) is 19.9 Å². The third-order valence-electron chi connectivity index (χ3n) is 4.03. The van der Waals surface area contributed by atoms with Crippen LogP contribution in [0.3, 0.4) is 0 Å². The van der Waals surface area contributed by atoms with Crippen LogP contribution in [0.2, 0.25) is 0 Å². The van der Waals surface area contributed by atoms with Crippen molar-refractivity contribution in [3.63, 3.8) is 0 Å². The van der Waals surface area contributed by atoms with Crippen LogP contribution in [-0.2, 0) is 19.4 Å². The summed E-state index contributed by atoms with van der Waals surface area (Å²) in [4.78, 5) is 25.8. The first-order valence-corrected chi connectivity index (χ1v) is 9.74. The van der Waals surface area contributed by atoms with Crippen LogP contribution in [0, 0.1) is 5.82 Å². The molecule has 0 saturated carbocycles. The fraction of sp³-hybridized carbons (Fsp3) is 0.412. The zero-order valence-corrected chi connectivity index (χ0v) is 15.0. The van der Waals surface area contributed by atoms with Crippen molar-refractivity contribution in [2.24, 2.45) is 0 Å². The van der Waals surface area contributed by atoms with Gasteiger partial charge in [-0.1, -0.05) is 12.1 Å². The van der Waals surface area contributed by atoms with Gasteiger partial charge in [-0.3, -0.25) is 9.59 Å². The number of benzene rings is 1. The average molecular weight is 368 g/mol. The Bertz CT molecular complexity index is 773. The summed E-state index contributed by atoms with van der Waals surface area (Å²) in [6.07, 6.45) is 1.34. The smallest absolute Gasteiger partial charge is 0.244 e. The number of rotatable bonds is 4. The highest BCUT2D eigenvalue weighted by atomic mass is 32.2. The standard InChI is InChI=1S/C17H21FN2O4S/c1-12(14-3-5-15(18)6-4-14)11-16(21)19-13(2)17(22)20-7-9-25(23,24)10-8-20/h3-6,11,13H,7-10H2,1-2H3,(H,19,21)/b12-11-. The summed E-state index contributed by atoms with van der Waals surface area (Å²) in [5.41, 5.74) is 1.35. The molecule has 6 nitrogen and oxygen atoms in total. The van der Waals surface area contributed by atoms with E-state index in [2.05, 4.69) is 5.32 Å². The Labute approximate surface area is 146 Å². The Morgan fingerprint density at radius 1 is 1.20 bits per heavy atom. The van der Waals surface area contributed by atoms with Gasteiger partial charge in [0.25, 0.3) is 0 Å². The summed E-state index contributed by atoms with van der Waals surface area (Å²) in [6, 6.07) is 4.99. The quantitative estimate of drug-likeness (QED) is 0.804. The van der Waals surface area contributed by atoms with E-state index in [-0.39, 0.29) is 36.3 Å². The minimum absolute atomic E-state index is 0.0526. The van der Waals surface area contributed by atoms with Crippen LogP contribution in [0.5, 0.6) is 0 Å². The van der Waals surface area contributed by atoms with Gasteiger partial charge in [-0.15, -0.1) is 0 Å². The highest BCUT2D eigenvalue weighted by Gasteiger charge is 2.28. The number of carbonyl (C=O) groups excluding carboxylic acids is 2. The van der Waals surface area contributed by atoms with Gasteiger partial charge in [-0.2, -0.15) is 0 Å². The molecule has 1 aromatic rings. The van der Waals surface area contributed by atoms with E-state index in [1.54, 1.807) is 26.0 Å². The first-order chi connectivity index (χ1) is 11.7. The van der Waals surface area contributed by atoms with Gasteiger partial charge in [-0.05, 0) is 37.1 Å². The third kappa shape index (κ3) is 5.38. The summed E-state index contributed by atoms with van der Waals surface area (Å²) >= 11 is 0. The van der Waals surface area contributed by atoms with E-state index in [9.17, 15) is 22.4 Å². The van der Waals surface area contributed by atoms with E-state index < -0.39 is 21.8 Å². The Morgan fingerprint density at radius 2 is 1.76 bits per heavy atom. The number of hydrogen-bond acceptors (Lipinski definition) is 4. The van der Waals surface area contributed by atoms with Gasteiger partial charge in [0.05, 0.1) is 11.5 Å². The maximum Gasteiger partial charge on any atom is 0.244 e. The van der Waals surface area contributed by atoms with E-state index in [4.69, 9.17) is 0 Å². The van der Waals surface area contributed by atoms with Crippen molar-refractivity contribution in [2.75, 3.05) is 24.6 Å². The molecule has 1 aliphatic rings. The predicted octanol–water partition coefficient (Wildman–Crippen LogP) is 0.991.